The van der Waals surface area contributed by atoms with Gasteiger partial charge in [0.15, 0.2) is 6.29 Å². The Morgan fingerprint density at radius 3 is 2.57 bits per heavy atom. The number of furan rings is 1. The molecule has 1 unspecified atom stereocenters. The van der Waals surface area contributed by atoms with Gasteiger partial charge in [0.2, 0.25) is 0 Å². The maximum atomic E-state index is 12.9. The fraction of sp³-hybridized carbons (Fsp3) is 0.700. The van der Waals surface area contributed by atoms with E-state index in [2.05, 4.69) is 6.92 Å². The molecule has 5 rings (SSSR count). The van der Waals surface area contributed by atoms with Crippen molar-refractivity contribution in [1.82, 2.24) is 0 Å². The zero-order chi connectivity index (χ0) is 30.4. The van der Waals surface area contributed by atoms with Crippen molar-refractivity contribution in [3.8, 4) is 0 Å². The summed E-state index contributed by atoms with van der Waals surface area (Å²) < 4.78 is 34.0. The molecule has 1 saturated carbocycles. The third kappa shape index (κ3) is 5.39. The largest absolute Gasteiger partial charge is 0.472 e. The number of cyclic esters (lactones) is 1. The second-order valence-electron chi connectivity index (χ2n) is 12.3. The smallest absolute Gasteiger partial charge is 0.334 e. The number of esters is 3. The van der Waals surface area contributed by atoms with Crippen molar-refractivity contribution in [2.24, 2.45) is 22.7 Å². The average Bonchev–Trinajstić information content (AvgIpc) is 3.59. The monoisotopic (exact) mass is 592 g/mol. The average molecular weight is 593 g/mol. The molecule has 1 aromatic rings. The molecule has 2 aliphatic carbocycles. The van der Waals surface area contributed by atoms with Crippen LogP contribution in [0, 0.1) is 22.7 Å². The van der Waals surface area contributed by atoms with Crippen molar-refractivity contribution in [1.29, 1.82) is 0 Å². The molecule has 3 N–H and O–H groups in total. The first-order chi connectivity index (χ1) is 19.9. The van der Waals surface area contributed by atoms with Gasteiger partial charge in [-0.05, 0) is 49.0 Å². The van der Waals surface area contributed by atoms with E-state index in [9.17, 15) is 29.7 Å². The molecule has 232 valence electrons. The van der Waals surface area contributed by atoms with Crippen molar-refractivity contribution >= 4 is 17.9 Å². The predicted octanol–water partition coefficient (Wildman–Crippen LogP) is 1.96. The van der Waals surface area contributed by atoms with Crippen LogP contribution in [0.4, 0.5) is 0 Å². The van der Waals surface area contributed by atoms with E-state index < -0.39 is 65.7 Å². The van der Waals surface area contributed by atoms with Gasteiger partial charge in [0.05, 0.1) is 18.6 Å². The maximum Gasteiger partial charge on any atom is 0.334 e. The number of hydrogen-bond acceptors (Lipinski definition) is 12. The summed E-state index contributed by atoms with van der Waals surface area (Å²) in [6.45, 7) is 6.51. The van der Waals surface area contributed by atoms with Crippen LogP contribution in [0.2, 0.25) is 0 Å². The minimum atomic E-state index is -1.61. The van der Waals surface area contributed by atoms with Crippen LogP contribution in [-0.2, 0) is 38.1 Å². The van der Waals surface area contributed by atoms with Crippen LogP contribution in [-0.4, -0.2) is 83.3 Å². The van der Waals surface area contributed by atoms with Crippen LogP contribution in [0.1, 0.15) is 65.0 Å². The SMILES string of the molecule is CC(=O)OC[C@H]1O[C@@H](O[C@@H]2C[C@@]34COC(=O)C3=CCCC4[C@@](C)(C[C@@H](OC(C)=O)c3ccoc3)[C@@H]2C)[C@H](O)[C@@H](O)[C@@H]1O. The molecule has 0 amide bonds. The van der Waals surface area contributed by atoms with E-state index in [-0.39, 0.29) is 31.0 Å². The molecule has 12 nitrogen and oxygen atoms in total. The second-order valence-corrected chi connectivity index (χ2v) is 12.3. The molecule has 1 aromatic heterocycles. The van der Waals surface area contributed by atoms with Gasteiger partial charge in [0.1, 0.15) is 43.7 Å². The van der Waals surface area contributed by atoms with Crippen LogP contribution in [0.3, 0.4) is 0 Å². The van der Waals surface area contributed by atoms with Crippen LogP contribution in [0.5, 0.6) is 0 Å². The number of carbonyl (C=O) groups excluding carboxylic acids is 3. The normalized spacial score (nSPS) is 40.3. The van der Waals surface area contributed by atoms with Crippen LogP contribution in [0.15, 0.2) is 34.7 Å². The quantitative estimate of drug-likeness (QED) is 0.297. The Kier molecular flexibility index (Phi) is 8.56. The lowest BCUT2D eigenvalue weighted by molar-refractivity contribution is -0.325. The summed E-state index contributed by atoms with van der Waals surface area (Å²) in [7, 11) is 0. The first-order valence-electron chi connectivity index (χ1n) is 14.4. The molecular weight excluding hydrogens is 552 g/mol. The van der Waals surface area contributed by atoms with Crippen LogP contribution >= 0.6 is 0 Å². The van der Waals surface area contributed by atoms with Gasteiger partial charge in [-0.1, -0.05) is 19.9 Å². The van der Waals surface area contributed by atoms with Gasteiger partial charge in [0, 0.05) is 30.4 Å². The molecule has 2 aliphatic heterocycles. The maximum absolute atomic E-state index is 12.9. The number of aliphatic hydroxyl groups excluding tert-OH is 3. The highest BCUT2D eigenvalue weighted by molar-refractivity contribution is 5.92. The molecule has 0 bridgehead atoms. The zero-order valence-electron chi connectivity index (χ0n) is 24.3. The van der Waals surface area contributed by atoms with Crippen molar-refractivity contribution in [2.75, 3.05) is 13.2 Å². The molecule has 11 atom stereocenters. The van der Waals surface area contributed by atoms with E-state index in [1.807, 2.05) is 13.0 Å². The Morgan fingerprint density at radius 1 is 1.14 bits per heavy atom. The number of hydrogen-bond donors (Lipinski definition) is 3. The van der Waals surface area contributed by atoms with Crippen molar-refractivity contribution in [2.45, 2.75) is 96.3 Å². The molecular formula is C30H40O12. The molecule has 12 heteroatoms. The van der Waals surface area contributed by atoms with E-state index in [4.69, 9.17) is 28.1 Å². The van der Waals surface area contributed by atoms with Crippen molar-refractivity contribution in [3.63, 3.8) is 0 Å². The summed E-state index contributed by atoms with van der Waals surface area (Å²) in [5, 5.41) is 31.9. The number of carbonyl (C=O) groups is 3. The third-order valence-corrected chi connectivity index (χ3v) is 9.92. The first kappa shape index (κ1) is 30.7. The van der Waals surface area contributed by atoms with Crippen LogP contribution in [0.25, 0.3) is 0 Å². The summed E-state index contributed by atoms with van der Waals surface area (Å²) in [4.78, 5) is 36.5. The lowest BCUT2D eigenvalue weighted by Gasteiger charge is -2.59. The van der Waals surface area contributed by atoms with E-state index in [1.165, 1.54) is 20.1 Å². The van der Waals surface area contributed by atoms with Gasteiger partial charge in [0.25, 0.3) is 0 Å². The molecule has 3 fully saturated rings. The molecule has 2 saturated heterocycles. The molecule has 42 heavy (non-hydrogen) atoms. The highest BCUT2D eigenvalue weighted by atomic mass is 16.7. The molecule has 4 aliphatic rings. The Bertz CT molecular complexity index is 1190. The zero-order valence-corrected chi connectivity index (χ0v) is 24.3. The number of aliphatic hydroxyl groups is 3. The minimum absolute atomic E-state index is 0.0300. The van der Waals surface area contributed by atoms with E-state index >= 15 is 0 Å². The summed E-state index contributed by atoms with van der Waals surface area (Å²) in [6.07, 6.45) is -1.20. The number of allylic oxidation sites excluding steroid dienone is 1. The topological polar surface area (TPSA) is 171 Å². The van der Waals surface area contributed by atoms with Gasteiger partial charge < -0.3 is 43.4 Å². The Labute approximate surface area is 243 Å². The van der Waals surface area contributed by atoms with Crippen LogP contribution < -0.4 is 0 Å². The van der Waals surface area contributed by atoms with Crippen molar-refractivity contribution < 1.29 is 57.8 Å². The highest BCUT2D eigenvalue weighted by Gasteiger charge is 2.65. The van der Waals surface area contributed by atoms with Gasteiger partial charge in [-0.3, -0.25) is 9.59 Å². The first-order valence-corrected chi connectivity index (χ1v) is 14.4. The van der Waals surface area contributed by atoms with E-state index in [0.29, 0.717) is 30.4 Å². The van der Waals surface area contributed by atoms with E-state index in [0.717, 1.165) is 6.42 Å². The van der Waals surface area contributed by atoms with Gasteiger partial charge in [-0.2, -0.15) is 0 Å². The summed E-state index contributed by atoms with van der Waals surface area (Å²) in [6, 6.07) is 1.75. The summed E-state index contributed by atoms with van der Waals surface area (Å²) in [5.74, 6) is -1.65. The lowest BCUT2D eigenvalue weighted by atomic mass is 9.46. The lowest BCUT2D eigenvalue weighted by Crippen LogP contribution is -2.62. The Morgan fingerprint density at radius 2 is 1.90 bits per heavy atom. The standard InChI is InChI=1S/C30H40O12/c1-15-20(41-28-26(35)25(34)24(33)22(42-28)13-38-16(2)31)11-30-14-39-27(36)19(30)6-5-7-23(30)29(15,4)10-21(40-17(3)32)18-8-9-37-12-18/h6,8-9,12,15,20-26,28,33-35H,5,7,10-11,13-14H2,1-4H3/t15-,20-,21-,22-,23?,24-,25+,26-,28-,29+,30-/m1/s1. The number of ether oxygens (including phenoxy) is 5. The van der Waals surface area contributed by atoms with Gasteiger partial charge in [-0.15, -0.1) is 0 Å². The number of rotatable bonds is 8. The fourth-order valence-corrected chi connectivity index (χ4v) is 7.67. The highest BCUT2D eigenvalue weighted by Crippen LogP contribution is 2.65. The Hall–Kier alpha value is -2.77. The molecule has 3 heterocycles. The summed E-state index contributed by atoms with van der Waals surface area (Å²) >= 11 is 0. The molecule has 0 aromatic carbocycles. The molecule has 1 spiro atoms. The Balaban J connectivity index is 1.49. The summed E-state index contributed by atoms with van der Waals surface area (Å²) in [5.41, 5.74) is 0.0411. The van der Waals surface area contributed by atoms with Gasteiger partial charge in [-0.25, -0.2) is 4.79 Å². The minimum Gasteiger partial charge on any atom is -0.472 e. The fourth-order valence-electron chi connectivity index (χ4n) is 7.67. The predicted molar refractivity (Wildman–Crippen MR) is 142 cm³/mol. The van der Waals surface area contributed by atoms with Crippen molar-refractivity contribution in [3.05, 3.63) is 35.8 Å². The second kappa shape index (κ2) is 11.7. The van der Waals surface area contributed by atoms with E-state index in [1.54, 1.807) is 12.3 Å². The van der Waals surface area contributed by atoms with Gasteiger partial charge >= 0.3 is 17.9 Å². The molecule has 0 radical (unpaired) electrons. The third-order valence-electron chi connectivity index (χ3n) is 9.92.